The first kappa shape index (κ1) is 21.2. The Kier molecular flexibility index (Phi) is 6.18. The van der Waals surface area contributed by atoms with Gasteiger partial charge in [0.1, 0.15) is 5.82 Å². The van der Waals surface area contributed by atoms with Gasteiger partial charge >= 0.3 is 0 Å². The van der Waals surface area contributed by atoms with Gasteiger partial charge in [0.05, 0.1) is 24.7 Å². The van der Waals surface area contributed by atoms with Gasteiger partial charge in [0.15, 0.2) is 0 Å². The number of nitrogens with zero attached hydrogens (tertiary/aromatic N) is 3. The Morgan fingerprint density at radius 1 is 1.19 bits per heavy atom. The molecule has 1 N–H and O–H groups in total. The van der Waals surface area contributed by atoms with Crippen molar-refractivity contribution in [1.29, 1.82) is 0 Å². The summed E-state index contributed by atoms with van der Waals surface area (Å²) in [6, 6.07) is 11.9. The third kappa shape index (κ3) is 4.54. The molecule has 2 heterocycles. The van der Waals surface area contributed by atoms with Crippen LogP contribution in [0.2, 0.25) is 0 Å². The van der Waals surface area contributed by atoms with E-state index in [2.05, 4.69) is 30.1 Å². The number of carbonyl (C=O) groups excluding carboxylic acids is 1. The van der Waals surface area contributed by atoms with Crippen molar-refractivity contribution in [3.05, 3.63) is 83.2 Å². The molecule has 5 nitrogen and oxygen atoms in total. The zero-order chi connectivity index (χ0) is 22.0. The van der Waals surface area contributed by atoms with Crippen LogP contribution in [0.5, 0.6) is 0 Å². The van der Waals surface area contributed by atoms with Crippen molar-refractivity contribution in [3.8, 4) is 5.69 Å². The van der Waals surface area contributed by atoms with Crippen molar-refractivity contribution < 1.29 is 14.3 Å². The minimum Gasteiger partial charge on any atom is -0.394 e. The van der Waals surface area contributed by atoms with Crippen LogP contribution in [0, 0.1) is 25.6 Å². The second-order valence-corrected chi connectivity index (χ2v) is 8.37. The van der Waals surface area contributed by atoms with Gasteiger partial charge in [-0.1, -0.05) is 24.3 Å². The summed E-state index contributed by atoms with van der Waals surface area (Å²) < 4.78 is 15.3. The van der Waals surface area contributed by atoms with Crippen LogP contribution >= 0.6 is 0 Å². The van der Waals surface area contributed by atoms with Crippen molar-refractivity contribution in [3.63, 3.8) is 0 Å². The SMILES string of the molecule is Cc1cn(-c2ccc(CC3CCCN(C(CO)c4ccc(F)cc4)C3=O)cc2C)cn1. The molecule has 162 valence electrons. The van der Waals surface area contributed by atoms with Crippen LogP contribution in [-0.4, -0.2) is 38.6 Å². The Morgan fingerprint density at radius 2 is 1.97 bits per heavy atom. The van der Waals surface area contributed by atoms with Crippen LogP contribution < -0.4 is 0 Å². The highest BCUT2D eigenvalue weighted by atomic mass is 19.1. The number of likely N-dealkylation sites (tertiary alicyclic amines) is 1. The summed E-state index contributed by atoms with van der Waals surface area (Å²) in [5, 5.41) is 9.98. The van der Waals surface area contributed by atoms with Crippen molar-refractivity contribution in [2.45, 2.75) is 39.2 Å². The Morgan fingerprint density at radius 3 is 2.61 bits per heavy atom. The molecule has 2 unspecified atom stereocenters. The summed E-state index contributed by atoms with van der Waals surface area (Å²) in [4.78, 5) is 19.3. The lowest BCUT2D eigenvalue weighted by Crippen LogP contribution is -2.45. The molecule has 31 heavy (non-hydrogen) atoms. The van der Waals surface area contributed by atoms with E-state index < -0.39 is 6.04 Å². The van der Waals surface area contributed by atoms with Crippen molar-refractivity contribution in [2.75, 3.05) is 13.2 Å². The average molecular weight is 422 g/mol. The van der Waals surface area contributed by atoms with Gasteiger partial charge in [-0.05, 0) is 68.0 Å². The molecule has 0 radical (unpaired) electrons. The highest BCUT2D eigenvalue weighted by Gasteiger charge is 2.33. The van der Waals surface area contributed by atoms with Gasteiger partial charge in [0.2, 0.25) is 5.91 Å². The number of aryl methyl sites for hydroxylation is 2. The monoisotopic (exact) mass is 421 g/mol. The second kappa shape index (κ2) is 9.02. The quantitative estimate of drug-likeness (QED) is 0.651. The smallest absolute Gasteiger partial charge is 0.226 e. The number of aliphatic hydroxyl groups is 1. The zero-order valence-corrected chi connectivity index (χ0v) is 18.0. The fourth-order valence-electron chi connectivity index (χ4n) is 4.52. The molecule has 0 saturated carbocycles. The molecule has 1 aliphatic heterocycles. The van der Waals surface area contributed by atoms with E-state index in [0.29, 0.717) is 13.0 Å². The van der Waals surface area contributed by atoms with Crippen LogP contribution in [0.4, 0.5) is 4.39 Å². The molecule has 1 aliphatic rings. The summed E-state index contributed by atoms with van der Waals surface area (Å²) >= 11 is 0. The molecule has 1 aromatic heterocycles. The van der Waals surface area contributed by atoms with Gasteiger partial charge in [0.25, 0.3) is 0 Å². The van der Waals surface area contributed by atoms with Crippen LogP contribution in [0.3, 0.4) is 0 Å². The van der Waals surface area contributed by atoms with Gasteiger partial charge in [-0.25, -0.2) is 9.37 Å². The molecule has 0 bridgehead atoms. The molecule has 6 heteroatoms. The summed E-state index contributed by atoms with van der Waals surface area (Å²) in [5.41, 5.74) is 5.07. The van der Waals surface area contributed by atoms with Crippen molar-refractivity contribution >= 4 is 5.91 Å². The number of aromatic nitrogens is 2. The lowest BCUT2D eigenvalue weighted by Gasteiger charge is -2.37. The summed E-state index contributed by atoms with van der Waals surface area (Å²) in [6.45, 7) is 4.46. The summed E-state index contributed by atoms with van der Waals surface area (Å²) in [5.74, 6) is -0.390. The minimum absolute atomic E-state index is 0.0570. The van der Waals surface area contributed by atoms with E-state index in [4.69, 9.17) is 0 Å². The highest BCUT2D eigenvalue weighted by Crippen LogP contribution is 2.30. The number of piperidine rings is 1. The van der Waals surface area contributed by atoms with Crippen molar-refractivity contribution in [1.82, 2.24) is 14.5 Å². The number of amides is 1. The Bertz CT molecular complexity index is 1060. The fourth-order valence-corrected chi connectivity index (χ4v) is 4.52. The average Bonchev–Trinajstić information content (AvgIpc) is 3.18. The van der Waals surface area contributed by atoms with Gasteiger partial charge in [-0.3, -0.25) is 4.79 Å². The molecule has 1 amide bonds. The topological polar surface area (TPSA) is 58.4 Å². The number of rotatable bonds is 6. The fraction of sp³-hybridized carbons (Fsp3) is 0.360. The standard InChI is InChI=1S/C25H28FN3O2/c1-17-12-19(5-10-23(17)28-14-18(2)27-16-28)13-21-4-3-11-29(25(21)31)24(15-30)20-6-8-22(26)9-7-20/h5-10,12,14,16,21,24,30H,3-4,11,13,15H2,1-2H3. The Hall–Kier alpha value is -2.99. The first-order valence-corrected chi connectivity index (χ1v) is 10.7. The van der Waals surface area contributed by atoms with Gasteiger partial charge in [-0.2, -0.15) is 0 Å². The Labute approximate surface area is 182 Å². The Balaban J connectivity index is 1.50. The van der Waals surface area contributed by atoms with E-state index in [9.17, 15) is 14.3 Å². The van der Waals surface area contributed by atoms with E-state index in [1.165, 1.54) is 12.1 Å². The van der Waals surface area contributed by atoms with E-state index >= 15 is 0 Å². The maximum atomic E-state index is 13.3. The van der Waals surface area contributed by atoms with Gasteiger partial charge in [-0.15, -0.1) is 0 Å². The number of halogens is 1. The predicted octanol–water partition coefficient (Wildman–Crippen LogP) is 4.14. The third-order valence-corrected chi connectivity index (χ3v) is 6.12. The normalized spacial score (nSPS) is 17.7. The number of imidazole rings is 1. The zero-order valence-electron chi connectivity index (χ0n) is 18.0. The summed E-state index contributed by atoms with van der Waals surface area (Å²) in [6.07, 6.45) is 6.19. The van der Waals surface area contributed by atoms with E-state index in [-0.39, 0.29) is 24.2 Å². The van der Waals surface area contributed by atoms with Crippen LogP contribution in [-0.2, 0) is 11.2 Å². The van der Waals surface area contributed by atoms with E-state index in [1.807, 2.05) is 24.0 Å². The molecular formula is C25H28FN3O2. The van der Waals surface area contributed by atoms with Gasteiger partial charge < -0.3 is 14.6 Å². The van der Waals surface area contributed by atoms with E-state index in [0.717, 1.165) is 40.9 Å². The number of carbonyl (C=O) groups is 1. The molecule has 2 atom stereocenters. The van der Waals surface area contributed by atoms with E-state index in [1.54, 1.807) is 17.0 Å². The number of hydrogen-bond donors (Lipinski definition) is 1. The molecule has 0 spiro atoms. The maximum absolute atomic E-state index is 13.3. The first-order valence-electron chi connectivity index (χ1n) is 10.7. The van der Waals surface area contributed by atoms with Crippen LogP contribution in [0.1, 0.15) is 41.3 Å². The summed E-state index contributed by atoms with van der Waals surface area (Å²) in [7, 11) is 0. The molecular weight excluding hydrogens is 393 g/mol. The first-order chi connectivity index (χ1) is 15.0. The lowest BCUT2D eigenvalue weighted by atomic mass is 9.88. The van der Waals surface area contributed by atoms with Crippen molar-refractivity contribution in [2.24, 2.45) is 5.92 Å². The number of benzene rings is 2. The number of hydrogen-bond acceptors (Lipinski definition) is 3. The number of aliphatic hydroxyl groups excluding tert-OH is 1. The molecule has 2 aromatic carbocycles. The maximum Gasteiger partial charge on any atom is 0.226 e. The molecule has 1 saturated heterocycles. The molecule has 0 aliphatic carbocycles. The largest absolute Gasteiger partial charge is 0.394 e. The van der Waals surface area contributed by atoms with Crippen LogP contribution in [0.15, 0.2) is 55.0 Å². The molecule has 1 fully saturated rings. The molecule has 3 aromatic rings. The van der Waals surface area contributed by atoms with Gasteiger partial charge in [0, 0.05) is 24.3 Å². The lowest BCUT2D eigenvalue weighted by molar-refractivity contribution is -0.142. The molecule has 4 rings (SSSR count). The second-order valence-electron chi connectivity index (χ2n) is 8.37. The minimum atomic E-state index is -0.440. The highest BCUT2D eigenvalue weighted by molar-refractivity contribution is 5.80. The third-order valence-electron chi connectivity index (χ3n) is 6.12. The predicted molar refractivity (Wildman–Crippen MR) is 117 cm³/mol. The van der Waals surface area contributed by atoms with Crippen LogP contribution in [0.25, 0.3) is 5.69 Å².